The van der Waals surface area contributed by atoms with Crippen molar-refractivity contribution < 1.29 is 14.3 Å². The zero-order valence-electron chi connectivity index (χ0n) is 17.4. The van der Waals surface area contributed by atoms with Gasteiger partial charge in [0.15, 0.2) is 0 Å². The number of nitrogens with zero attached hydrogens (tertiary/aromatic N) is 3. The third-order valence-corrected chi connectivity index (χ3v) is 7.68. The van der Waals surface area contributed by atoms with Gasteiger partial charge >= 0.3 is 0 Å². The molecule has 0 saturated carbocycles. The van der Waals surface area contributed by atoms with Crippen molar-refractivity contribution in [1.82, 2.24) is 14.9 Å². The standard InChI is InChI=1S/C24H19N3O3S2/c1-14-20(31-22(26-14)15-6-4-3-5-7-15)13-30-18-9-8-16-10-17(12-25-19(16)11-18)21-23(28)27(2)24(29)32-21/h3-12,21H,13H2,1-2H3. The van der Waals surface area contributed by atoms with Crippen LogP contribution in [0.25, 0.3) is 21.5 Å². The molecule has 6 nitrogen and oxygen atoms in total. The number of carbonyl (C=O) groups excluding carboxylic acids is 2. The lowest BCUT2D eigenvalue weighted by Gasteiger charge is -2.10. The van der Waals surface area contributed by atoms with Crippen molar-refractivity contribution in [2.24, 2.45) is 0 Å². The molecule has 0 N–H and O–H groups in total. The third-order valence-electron chi connectivity index (χ3n) is 5.31. The molecule has 1 unspecified atom stereocenters. The van der Waals surface area contributed by atoms with E-state index in [9.17, 15) is 9.59 Å². The number of hydrogen-bond acceptors (Lipinski definition) is 7. The van der Waals surface area contributed by atoms with E-state index in [0.29, 0.717) is 12.4 Å². The maximum absolute atomic E-state index is 12.3. The first-order valence-corrected chi connectivity index (χ1v) is 11.7. The number of benzene rings is 2. The summed E-state index contributed by atoms with van der Waals surface area (Å²) in [4.78, 5) is 35.5. The van der Waals surface area contributed by atoms with Crippen molar-refractivity contribution in [3.05, 3.63) is 76.9 Å². The average Bonchev–Trinajstić information content (AvgIpc) is 3.32. The molecule has 2 amide bonds. The Bertz CT molecular complexity index is 1340. The summed E-state index contributed by atoms with van der Waals surface area (Å²) < 4.78 is 6.03. The van der Waals surface area contributed by atoms with Crippen LogP contribution in [0.5, 0.6) is 5.75 Å². The molecule has 160 valence electrons. The number of fused-ring (bicyclic) bond motifs is 1. The first-order chi connectivity index (χ1) is 15.5. The lowest BCUT2D eigenvalue weighted by atomic mass is 10.1. The Balaban J connectivity index is 1.32. The molecule has 0 radical (unpaired) electrons. The van der Waals surface area contributed by atoms with E-state index in [4.69, 9.17) is 4.74 Å². The summed E-state index contributed by atoms with van der Waals surface area (Å²) in [5, 5.41) is 1.11. The zero-order valence-corrected chi connectivity index (χ0v) is 19.1. The highest BCUT2D eigenvalue weighted by molar-refractivity contribution is 8.14. The minimum Gasteiger partial charge on any atom is -0.488 e. The number of carbonyl (C=O) groups is 2. The lowest BCUT2D eigenvalue weighted by Crippen LogP contribution is -2.24. The molecule has 1 aliphatic heterocycles. The molecule has 8 heteroatoms. The van der Waals surface area contributed by atoms with Gasteiger partial charge < -0.3 is 4.74 Å². The van der Waals surface area contributed by atoms with E-state index in [1.165, 1.54) is 7.05 Å². The van der Waals surface area contributed by atoms with Crippen molar-refractivity contribution in [3.63, 3.8) is 0 Å². The van der Waals surface area contributed by atoms with Gasteiger partial charge in [-0.2, -0.15) is 0 Å². The second-order valence-corrected chi connectivity index (χ2v) is 9.61. The fourth-order valence-electron chi connectivity index (χ4n) is 3.47. The van der Waals surface area contributed by atoms with E-state index < -0.39 is 5.25 Å². The average molecular weight is 462 g/mol. The molecule has 0 spiro atoms. The van der Waals surface area contributed by atoms with E-state index in [1.807, 2.05) is 49.4 Å². The fraction of sp³-hybridized carbons (Fsp3) is 0.167. The van der Waals surface area contributed by atoms with Crippen LogP contribution in [0.15, 0.2) is 60.8 Å². The highest BCUT2D eigenvalue weighted by Crippen LogP contribution is 2.39. The van der Waals surface area contributed by atoms with E-state index in [2.05, 4.69) is 22.1 Å². The summed E-state index contributed by atoms with van der Waals surface area (Å²) in [7, 11) is 1.50. The number of thiazole rings is 1. The van der Waals surface area contributed by atoms with Gasteiger partial charge in [0, 0.05) is 30.3 Å². The molecule has 1 fully saturated rings. The number of hydrogen-bond donors (Lipinski definition) is 0. The molecular formula is C24H19N3O3S2. The number of aromatic nitrogens is 2. The zero-order chi connectivity index (χ0) is 22.2. The van der Waals surface area contributed by atoms with Gasteiger partial charge in [-0.3, -0.25) is 19.5 Å². The van der Waals surface area contributed by atoms with Crippen molar-refractivity contribution in [3.8, 4) is 16.3 Å². The molecular weight excluding hydrogens is 442 g/mol. The monoisotopic (exact) mass is 461 g/mol. The normalized spacial score (nSPS) is 16.2. The van der Waals surface area contributed by atoms with Gasteiger partial charge in [0.1, 0.15) is 22.6 Å². The summed E-state index contributed by atoms with van der Waals surface area (Å²) in [6.07, 6.45) is 1.66. The van der Waals surface area contributed by atoms with Gasteiger partial charge in [0.2, 0.25) is 5.91 Å². The largest absolute Gasteiger partial charge is 0.488 e. The first-order valence-electron chi connectivity index (χ1n) is 10.0. The van der Waals surface area contributed by atoms with Gasteiger partial charge in [-0.15, -0.1) is 11.3 Å². The SMILES string of the molecule is Cc1nc(-c2ccccc2)sc1COc1ccc2cc(C3SC(=O)N(C)C3=O)cnc2c1. The summed E-state index contributed by atoms with van der Waals surface area (Å²) in [5.74, 6) is 0.504. The molecule has 1 aliphatic rings. The van der Waals surface area contributed by atoms with Gasteiger partial charge in [0.05, 0.1) is 16.1 Å². The van der Waals surface area contributed by atoms with Crippen LogP contribution in [0, 0.1) is 6.92 Å². The van der Waals surface area contributed by atoms with Crippen LogP contribution in [0.1, 0.15) is 21.4 Å². The molecule has 4 aromatic rings. The second-order valence-electron chi connectivity index (χ2n) is 7.47. The molecule has 1 atom stereocenters. The van der Waals surface area contributed by atoms with Crippen LogP contribution in [0.2, 0.25) is 0 Å². The summed E-state index contributed by atoms with van der Waals surface area (Å²) in [6, 6.07) is 17.7. The first kappa shape index (κ1) is 20.7. The highest BCUT2D eigenvalue weighted by atomic mass is 32.2. The molecule has 0 aliphatic carbocycles. The van der Waals surface area contributed by atoms with E-state index in [-0.39, 0.29) is 11.1 Å². The Morgan fingerprint density at radius 1 is 1.09 bits per heavy atom. The Kier molecular flexibility index (Phi) is 5.40. The van der Waals surface area contributed by atoms with E-state index in [1.54, 1.807) is 17.5 Å². The van der Waals surface area contributed by atoms with Gasteiger partial charge in [-0.05, 0) is 42.4 Å². The van der Waals surface area contributed by atoms with Crippen LogP contribution in [0.3, 0.4) is 0 Å². The minimum atomic E-state index is -0.534. The van der Waals surface area contributed by atoms with E-state index in [0.717, 1.165) is 54.3 Å². The highest BCUT2D eigenvalue weighted by Gasteiger charge is 2.38. The van der Waals surface area contributed by atoms with Gasteiger partial charge in [-0.25, -0.2) is 4.98 Å². The Hall–Kier alpha value is -3.23. The fourth-order valence-corrected chi connectivity index (χ4v) is 5.43. The second kappa shape index (κ2) is 8.37. The number of likely N-dealkylation sites (N-methyl/N-ethyl adjacent to an activating group) is 1. The lowest BCUT2D eigenvalue weighted by molar-refractivity contribution is -0.125. The smallest absolute Gasteiger partial charge is 0.289 e. The van der Waals surface area contributed by atoms with Crippen LogP contribution in [-0.4, -0.2) is 33.1 Å². The minimum absolute atomic E-state index is 0.212. The van der Waals surface area contributed by atoms with Crippen LogP contribution < -0.4 is 4.74 Å². The van der Waals surface area contributed by atoms with Crippen LogP contribution in [0.4, 0.5) is 4.79 Å². The summed E-state index contributed by atoms with van der Waals surface area (Å²) in [5.41, 5.74) is 3.57. The van der Waals surface area contributed by atoms with Crippen LogP contribution >= 0.6 is 23.1 Å². The predicted molar refractivity (Wildman–Crippen MR) is 127 cm³/mol. The van der Waals surface area contributed by atoms with Crippen molar-refractivity contribution >= 4 is 45.1 Å². The van der Waals surface area contributed by atoms with Crippen molar-refractivity contribution in [2.75, 3.05) is 7.05 Å². The van der Waals surface area contributed by atoms with E-state index >= 15 is 0 Å². The Morgan fingerprint density at radius 3 is 2.66 bits per heavy atom. The Morgan fingerprint density at radius 2 is 1.91 bits per heavy atom. The molecule has 0 bridgehead atoms. The molecule has 1 saturated heterocycles. The van der Waals surface area contributed by atoms with Crippen molar-refractivity contribution in [2.45, 2.75) is 18.8 Å². The molecule has 5 rings (SSSR count). The Labute approximate surface area is 193 Å². The number of imide groups is 1. The van der Waals surface area contributed by atoms with Gasteiger partial charge in [0.25, 0.3) is 5.24 Å². The number of pyridine rings is 1. The maximum Gasteiger partial charge on any atom is 0.289 e. The maximum atomic E-state index is 12.3. The quantitative estimate of drug-likeness (QED) is 0.385. The molecule has 2 aromatic carbocycles. The number of aryl methyl sites for hydroxylation is 1. The number of rotatable bonds is 5. The number of thioether (sulfide) groups is 1. The molecule has 2 aromatic heterocycles. The summed E-state index contributed by atoms with van der Waals surface area (Å²) >= 11 is 2.66. The summed E-state index contributed by atoms with van der Waals surface area (Å²) in [6.45, 7) is 2.43. The van der Waals surface area contributed by atoms with Crippen molar-refractivity contribution in [1.29, 1.82) is 0 Å². The predicted octanol–water partition coefficient (Wildman–Crippen LogP) is 5.61. The number of amides is 2. The van der Waals surface area contributed by atoms with Crippen LogP contribution in [-0.2, 0) is 11.4 Å². The third kappa shape index (κ3) is 3.87. The number of ether oxygens (including phenoxy) is 1. The topological polar surface area (TPSA) is 72.4 Å². The molecule has 3 heterocycles. The van der Waals surface area contributed by atoms with Gasteiger partial charge in [-0.1, -0.05) is 30.3 Å². The molecule has 32 heavy (non-hydrogen) atoms.